The summed E-state index contributed by atoms with van der Waals surface area (Å²) in [6.07, 6.45) is 3.67. The quantitative estimate of drug-likeness (QED) is 0.258. The fourth-order valence-corrected chi connectivity index (χ4v) is 5.72. The number of nitrogens with zero attached hydrogens (tertiary/aromatic N) is 2. The number of pyridine rings is 2. The first-order valence-corrected chi connectivity index (χ1v) is 12.3. The lowest BCUT2D eigenvalue weighted by molar-refractivity contribution is 0.616. The van der Waals surface area contributed by atoms with Gasteiger partial charge in [0.25, 0.3) is 0 Å². The van der Waals surface area contributed by atoms with E-state index in [0.717, 1.165) is 50.3 Å². The van der Waals surface area contributed by atoms with Crippen molar-refractivity contribution in [3.63, 3.8) is 0 Å². The molecular weight excluding hydrogens is 440 g/mol. The van der Waals surface area contributed by atoms with Gasteiger partial charge in [-0.1, -0.05) is 80.6 Å². The van der Waals surface area contributed by atoms with Gasteiger partial charge in [0.2, 0.25) is 0 Å². The monoisotopic (exact) mass is 464 g/mol. The van der Waals surface area contributed by atoms with Crippen molar-refractivity contribution in [3.8, 4) is 44.8 Å². The van der Waals surface area contributed by atoms with E-state index in [1.807, 2.05) is 18.3 Å². The maximum Gasteiger partial charge on any atom is 0.134 e. The molecule has 7 rings (SSSR count). The Hall–Kier alpha value is -4.50. The molecule has 0 N–H and O–H groups in total. The van der Waals surface area contributed by atoms with Crippen molar-refractivity contribution in [3.05, 3.63) is 121 Å². The van der Waals surface area contributed by atoms with Crippen LogP contribution in [0, 0.1) is 0 Å². The molecule has 3 heterocycles. The van der Waals surface area contributed by atoms with Gasteiger partial charge in [-0.05, 0) is 52.6 Å². The molecule has 3 aromatic carbocycles. The Labute approximate surface area is 210 Å². The van der Waals surface area contributed by atoms with Crippen molar-refractivity contribution in [2.24, 2.45) is 0 Å². The number of hydrogen-bond acceptors (Lipinski definition) is 3. The van der Waals surface area contributed by atoms with Gasteiger partial charge in [-0.3, -0.25) is 4.98 Å². The van der Waals surface area contributed by atoms with E-state index in [9.17, 15) is 0 Å². The molecule has 0 radical (unpaired) electrons. The van der Waals surface area contributed by atoms with Gasteiger partial charge in [-0.15, -0.1) is 0 Å². The van der Waals surface area contributed by atoms with Crippen LogP contribution in [0.15, 0.2) is 114 Å². The largest absolute Gasteiger partial charge is 0.464 e. The normalized spacial score (nSPS) is 13.5. The highest BCUT2D eigenvalue weighted by molar-refractivity contribution is 6.05. The molecule has 0 amide bonds. The van der Waals surface area contributed by atoms with Gasteiger partial charge in [-0.2, -0.15) is 0 Å². The number of benzene rings is 3. The molecule has 0 spiro atoms. The predicted molar refractivity (Wildman–Crippen MR) is 146 cm³/mol. The summed E-state index contributed by atoms with van der Waals surface area (Å²) in [7, 11) is 0. The summed E-state index contributed by atoms with van der Waals surface area (Å²) in [5.74, 6) is 0. The van der Waals surface area contributed by atoms with Crippen molar-refractivity contribution in [2.75, 3.05) is 0 Å². The van der Waals surface area contributed by atoms with E-state index in [2.05, 4.69) is 98.8 Å². The van der Waals surface area contributed by atoms with E-state index >= 15 is 0 Å². The zero-order chi connectivity index (χ0) is 24.3. The molecule has 36 heavy (non-hydrogen) atoms. The van der Waals surface area contributed by atoms with Gasteiger partial charge in [0.05, 0.1) is 23.3 Å². The number of rotatable bonds is 2. The third-order valence-electron chi connectivity index (χ3n) is 7.36. The molecule has 6 aromatic rings. The molecule has 0 aliphatic heterocycles. The van der Waals surface area contributed by atoms with Crippen LogP contribution in [0.2, 0.25) is 0 Å². The Bertz CT molecular complexity index is 1750. The van der Waals surface area contributed by atoms with Gasteiger partial charge < -0.3 is 4.42 Å². The smallest absolute Gasteiger partial charge is 0.134 e. The summed E-state index contributed by atoms with van der Waals surface area (Å²) < 4.78 is 5.87. The van der Waals surface area contributed by atoms with Crippen LogP contribution in [-0.4, -0.2) is 9.97 Å². The minimum atomic E-state index is -0.394. The van der Waals surface area contributed by atoms with E-state index in [-0.39, 0.29) is 0 Å². The molecule has 3 aromatic heterocycles. The zero-order valence-electron chi connectivity index (χ0n) is 20.2. The molecule has 0 bridgehead atoms. The molecule has 0 saturated carbocycles. The lowest BCUT2D eigenvalue weighted by atomic mass is 9.75. The van der Waals surface area contributed by atoms with E-state index in [0.29, 0.717) is 0 Å². The summed E-state index contributed by atoms with van der Waals surface area (Å²) in [6, 6.07) is 33.8. The molecule has 3 heteroatoms. The highest BCUT2D eigenvalue weighted by atomic mass is 16.3. The Kier molecular flexibility index (Phi) is 4.49. The van der Waals surface area contributed by atoms with Crippen LogP contribution >= 0.6 is 0 Å². The number of hydrogen-bond donors (Lipinski definition) is 0. The minimum Gasteiger partial charge on any atom is -0.464 e. The summed E-state index contributed by atoms with van der Waals surface area (Å²) >= 11 is 0. The average Bonchev–Trinajstić information content (AvgIpc) is 3.39. The third kappa shape index (κ3) is 2.99. The second kappa shape index (κ2) is 7.76. The lowest BCUT2D eigenvalue weighted by Crippen LogP contribution is -2.23. The molecule has 172 valence electrons. The van der Waals surface area contributed by atoms with Gasteiger partial charge in [0.1, 0.15) is 5.58 Å². The SMILES string of the molecule is CC1(C)c2ncccc2-c2ccc3occc3c2-c2nc(-c3ccccc3)cc(-c3ccccc3)c21. The lowest BCUT2D eigenvalue weighted by Gasteiger charge is -2.29. The van der Waals surface area contributed by atoms with E-state index in [1.165, 1.54) is 16.7 Å². The standard InChI is InChI=1S/C33H24N2O/c1-33(2)30-26(21-10-5-3-6-11-21)20-27(22-12-7-4-8-13-22)35-31(30)29-23(24-14-9-18-34-32(24)33)15-16-28-25(29)17-19-36-28/h3-20H,1-2H3. The van der Waals surface area contributed by atoms with E-state index < -0.39 is 5.41 Å². The first-order valence-electron chi connectivity index (χ1n) is 12.3. The molecule has 1 aliphatic rings. The first-order chi connectivity index (χ1) is 17.6. The van der Waals surface area contributed by atoms with Crippen LogP contribution in [0.1, 0.15) is 25.1 Å². The Morgan fingerprint density at radius 3 is 2.22 bits per heavy atom. The summed E-state index contributed by atoms with van der Waals surface area (Å²) in [5, 5.41) is 1.07. The molecule has 0 saturated heterocycles. The van der Waals surface area contributed by atoms with Crippen LogP contribution in [-0.2, 0) is 5.41 Å². The molecular formula is C33H24N2O. The Balaban J connectivity index is 1.71. The predicted octanol–water partition coefficient (Wildman–Crippen LogP) is 8.53. The third-order valence-corrected chi connectivity index (χ3v) is 7.36. The van der Waals surface area contributed by atoms with Crippen molar-refractivity contribution in [2.45, 2.75) is 19.3 Å². The van der Waals surface area contributed by atoms with Crippen LogP contribution in [0.3, 0.4) is 0 Å². The summed E-state index contributed by atoms with van der Waals surface area (Å²) in [4.78, 5) is 10.4. The maximum atomic E-state index is 5.87. The highest BCUT2D eigenvalue weighted by Gasteiger charge is 2.38. The molecule has 0 fully saturated rings. The summed E-state index contributed by atoms with van der Waals surface area (Å²) in [6.45, 7) is 4.54. The van der Waals surface area contributed by atoms with Crippen LogP contribution in [0.5, 0.6) is 0 Å². The maximum absolute atomic E-state index is 5.87. The topological polar surface area (TPSA) is 38.9 Å². The second-order valence-corrected chi connectivity index (χ2v) is 9.86. The van der Waals surface area contributed by atoms with Crippen LogP contribution < -0.4 is 0 Å². The van der Waals surface area contributed by atoms with Gasteiger partial charge >= 0.3 is 0 Å². The minimum absolute atomic E-state index is 0.394. The van der Waals surface area contributed by atoms with Gasteiger partial charge in [0, 0.05) is 33.7 Å². The number of aromatic nitrogens is 2. The zero-order valence-corrected chi connectivity index (χ0v) is 20.2. The molecule has 0 atom stereocenters. The van der Waals surface area contributed by atoms with Crippen LogP contribution in [0.4, 0.5) is 0 Å². The Morgan fingerprint density at radius 1 is 0.694 bits per heavy atom. The van der Waals surface area contributed by atoms with Crippen molar-refractivity contribution < 1.29 is 4.42 Å². The Morgan fingerprint density at radius 2 is 1.44 bits per heavy atom. The van der Waals surface area contributed by atoms with Crippen LogP contribution in [0.25, 0.3) is 55.7 Å². The fraction of sp³-hybridized carbons (Fsp3) is 0.0909. The van der Waals surface area contributed by atoms with E-state index in [1.54, 1.807) is 6.26 Å². The molecule has 1 aliphatic carbocycles. The second-order valence-electron chi connectivity index (χ2n) is 9.86. The summed E-state index contributed by atoms with van der Waals surface area (Å²) in [5.41, 5.74) is 11.5. The first kappa shape index (κ1) is 20.8. The van der Waals surface area contributed by atoms with Gasteiger partial charge in [0.15, 0.2) is 0 Å². The van der Waals surface area contributed by atoms with Gasteiger partial charge in [-0.25, -0.2) is 4.98 Å². The van der Waals surface area contributed by atoms with E-state index in [4.69, 9.17) is 14.4 Å². The average molecular weight is 465 g/mol. The highest BCUT2D eigenvalue weighted by Crippen LogP contribution is 2.52. The fourth-order valence-electron chi connectivity index (χ4n) is 5.72. The number of furan rings is 1. The van der Waals surface area contributed by atoms with Crippen molar-refractivity contribution >= 4 is 11.0 Å². The van der Waals surface area contributed by atoms with Crippen molar-refractivity contribution in [1.29, 1.82) is 0 Å². The molecule has 3 nitrogen and oxygen atoms in total. The molecule has 0 unspecified atom stereocenters. The van der Waals surface area contributed by atoms with Crippen molar-refractivity contribution in [1.82, 2.24) is 9.97 Å². The number of fused-ring (bicyclic) bond motifs is 7.